The Hall–Kier alpha value is -2.88. The second kappa shape index (κ2) is 6.55. The van der Waals surface area contributed by atoms with Gasteiger partial charge in [-0.1, -0.05) is 25.1 Å². The molecule has 4 heteroatoms. The molecule has 2 aromatic carbocycles. The van der Waals surface area contributed by atoms with Crippen molar-refractivity contribution in [3.8, 4) is 0 Å². The van der Waals surface area contributed by atoms with Crippen LogP contribution in [0.15, 0.2) is 40.8 Å². The van der Waals surface area contributed by atoms with E-state index in [-0.39, 0.29) is 11.7 Å². The Kier molecular flexibility index (Phi) is 4.45. The summed E-state index contributed by atoms with van der Waals surface area (Å²) < 4.78 is 5.84. The first-order valence-corrected chi connectivity index (χ1v) is 8.35. The molecule has 0 radical (unpaired) electrons. The van der Waals surface area contributed by atoms with Crippen molar-refractivity contribution in [2.45, 2.75) is 34.1 Å². The molecule has 128 valence electrons. The Balaban J connectivity index is 1.94. The highest BCUT2D eigenvalue weighted by Crippen LogP contribution is 2.29. The number of anilines is 1. The normalized spacial score (nSPS) is 10.9. The van der Waals surface area contributed by atoms with Gasteiger partial charge < -0.3 is 9.73 Å². The molecule has 25 heavy (non-hydrogen) atoms. The van der Waals surface area contributed by atoms with Gasteiger partial charge in [0, 0.05) is 28.6 Å². The molecule has 1 heterocycles. The van der Waals surface area contributed by atoms with Gasteiger partial charge in [0.25, 0.3) is 5.91 Å². The van der Waals surface area contributed by atoms with Crippen molar-refractivity contribution in [1.82, 2.24) is 0 Å². The van der Waals surface area contributed by atoms with Gasteiger partial charge in [-0.25, -0.2) is 0 Å². The lowest BCUT2D eigenvalue weighted by Gasteiger charge is -2.06. The predicted molar refractivity (Wildman–Crippen MR) is 99.4 cm³/mol. The number of Topliss-reactive ketones (excluding diaryl/α,β-unsaturated/α-hetero) is 1. The van der Waals surface area contributed by atoms with Crippen molar-refractivity contribution >= 4 is 28.3 Å². The number of ketones is 1. The Morgan fingerprint density at radius 2 is 1.84 bits per heavy atom. The number of amides is 1. The number of benzene rings is 2. The molecule has 0 aliphatic carbocycles. The summed E-state index contributed by atoms with van der Waals surface area (Å²) in [4.78, 5) is 24.5. The number of rotatable bonds is 4. The summed E-state index contributed by atoms with van der Waals surface area (Å²) >= 11 is 0. The highest BCUT2D eigenvalue weighted by atomic mass is 16.3. The van der Waals surface area contributed by atoms with E-state index in [1.165, 1.54) is 0 Å². The number of hydrogen-bond donors (Lipinski definition) is 1. The zero-order valence-corrected chi connectivity index (χ0v) is 14.9. The summed E-state index contributed by atoms with van der Waals surface area (Å²) in [5.74, 6) is 0.0323. The van der Waals surface area contributed by atoms with E-state index in [4.69, 9.17) is 4.42 Å². The second-order valence-electron chi connectivity index (χ2n) is 6.33. The first-order chi connectivity index (χ1) is 11.9. The van der Waals surface area contributed by atoms with Crippen LogP contribution in [0.5, 0.6) is 0 Å². The minimum atomic E-state index is -0.313. The summed E-state index contributed by atoms with van der Waals surface area (Å²) in [6.07, 6.45) is 0.429. The summed E-state index contributed by atoms with van der Waals surface area (Å²) in [5.41, 5.74) is 4.87. The number of carbonyl (C=O) groups is 2. The zero-order valence-electron chi connectivity index (χ0n) is 14.9. The molecular formula is C21H21NO3. The number of carbonyl (C=O) groups excluding carboxylic acids is 2. The molecule has 0 atom stereocenters. The summed E-state index contributed by atoms with van der Waals surface area (Å²) in [5, 5.41) is 3.78. The van der Waals surface area contributed by atoms with E-state index in [0.717, 1.165) is 27.7 Å². The zero-order chi connectivity index (χ0) is 18.1. The van der Waals surface area contributed by atoms with Crippen LogP contribution >= 0.6 is 0 Å². The average Bonchev–Trinajstić information content (AvgIpc) is 2.92. The van der Waals surface area contributed by atoms with Gasteiger partial charge in [-0.05, 0) is 50.1 Å². The van der Waals surface area contributed by atoms with Crippen LogP contribution in [0.2, 0.25) is 0 Å². The first kappa shape index (κ1) is 17.0. The van der Waals surface area contributed by atoms with Crippen LogP contribution in [-0.4, -0.2) is 11.7 Å². The molecule has 3 rings (SSSR count). The third kappa shape index (κ3) is 3.20. The van der Waals surface area contributed by atoms with Gasteiger partial charge in [-0.15, -0.1) is 0 Å². The number of fused-ring (bicyclic) bond motifs is 1. The number of hydrogen-bond acceptors (Lipinski definition) is 3. The molecule has 1 amide bonds. The lowest BCUT2D eigenvalue weighted by atomic mass is 10.1. The van der Waals surface area contributed by atoms with E-state index < -0.39 is 0 Å². The van der Waals surface area contributed by atoms with Crippen molar-refractivity contribution in [3.63, 3.8) is 0 Å². The van der Waals surface area contributed by atoms with Crippen molar-refractivity contribution in [2.24, 2.45) is 0 Å². The first-order valence-electron chi connectivity index (χ1n) is 8.35. The number of aryl methyl sites for hydroxylation is 3. The fourth-order valence-corrected chi connectivity index (χ4v) is 3.05. The van der Waals surface area contributed by atoms with Crippen LogP contribution in [0.1, 0.15) is 50.9 Å². The fourth-order valence-electron chi connectivity index (χ4n) is 3.05. The topological polar surface area (TPSA) is 59.3 Å². The van der Waals surface area contributed by atoms with Crippen LogP contribution in [-0.2, 0) is 0 Å². The maximum absolute atomic E-state index is 12.7. The van der Waals surface area contributed by atoms with Crippen LogP contribution < -0.4 is 5.32 Å². The molecule has 1 aromatic heterocycles. The van der Waals surface area contributed by atoms with Crippen molar-refractivity contribution in [1.29, 1.82) is 0 Å². The van der Waals surface area contributed by atoms with Gasteiger partial charge in [0.15, 0.2) is 11.5 Å². The molecule has 0 bridgehead atoms. The van der Waals surface area contributed by atoms with E-state index in [1.807, 2.05) is 39.8 Å². The Labute approximate surface area is 146 Å². The largest absolute Gasteiger partial charge is 0.450 e. The molecule has 4 nitrogen and oxygen atoms in total. The van der Waals surface area contributed by atoms with E-state index in [2.05, 4.69) is 5.32 Å². The van der Waals surface area contributed by atoms with Crippen molar-refractivity contribution in [3.05, 3.63) is 64.4 Å². The van der Waals surface area contributed by atoms with Crippen LogP contribution in [0.25, 0.3) is 11.0 Å². The Morgan fingerprint density at radius 3 is 2.56 bits per heavy atom. The SMILES string of the molecule is CCC(=O)c1cccc(NC(=O)c2oc3c(C)cc(C)cc3c2C)c1. The van der Waals surface area contributed by atoms with Crippen molar-refractivity contribution < 1.29 is 14.0 Å². The van der Waals surface area contributed by atoms with Gasteiger partial charge >= 0.3 is 0 Å². The molecule has 0 unspecified atom stereocenters. The molecule has 1 N–H and O–H groups in total. The smallest absolute Gasteiger partial charge is 0.291 e. The van der Waals surface area contributed by atoms with Gasteiger partial charge in [-0.3, -0.25) is 9.59 Å². The maximum Gasteiger partial charge on any atom is 0.291 e. The van der Waals surface area contributed by atoms with Gasteiger partial charge in [-0.2, -0.15) is 0 Å². The third-order valence-electron chi connectivity index (χ3n) is 4.34. The lowest BCUT2D eigenvalue weighted by molar-refractivity contribution is 0.0982. The number of furan rings is 1. The molecule has 0 fully saturated rings. The predicted octanol–water partition coefficient (Wildman–Crippen LogP) is 5.20. The Morgan fingerprint density at radius 1 is 1.08 bits per heavy atom. The minimum absolute atomic E-state index is 0.0436. The van der Waals surface area contributed by atoms with E-state index in [9.17, 15) is 9.59 Å². The monoisotopic (exact) mass is 335 g/mol. The van der Waals surface area contributed by atoms with E-state index >= 15 is 0 Å². The van der Waals surface area contributed by atoms with Crippen LogP contribution in [0.4, 0.5) is 5.69 Å². The van der Waals surface area contributed by atoms with E-state index in [1.54, 1.807) is 24.3 Å². The highest BCUT2D eigenvalue weighted by molar-refractivity contribution is 6.07. The molecule has 0 aliphatic rings. The molecule has 0 aliphatic heterocycles. The summed E-state index contributed by atoms with van der Waals surface area (Å²) in [6, 6.07) is 11.0. The lowest BCUT2D eigenvalue weighted by Crippen LogP contribution is -2.12. The highest BCUT2D eigenvalue weighted by Gasteiger charge is 2.19. The standard InChI is InChI=1S/C21H21NO3/c1-5-18(23)15-7-6-8-16(11-15)22-21(24)20-14(4)17-10-12(2)9-13(3)19(17)25-20/h6-11H,5H2,1-4H3,(H,22,24). The van der Waals surface area contributed by atoms with Crippen molar-refractivity contribution in [2.75, 3.05) is 5.32 Å². The summed E-state index contributed by atoms with van der Waals surface area (Å²) in [6.45, 7) is 7.70. The maximum atomic E-state index is 12.7. The third-order valence-corrected chi connectivity index (χ3v) is 4.34. The van der Waals surface area contributed by atoms with Gasteiger partial charge in [0.1, 0.15) is 5.58 Å². The summed E-state index contributed by atoms with van der Waals surface area (Å²) in [7, 11) is 0. The fraction of sp³-hybridized carbons (Fsp3) is 0.238. The molecule has 0 saturated heterocycles. The van der Waals surface area contributed by atoms with Gasteiger partial charge in [0.05, 0.1) is 0 Å². The minimum Gasteiger partial charge on any atom is -0.450 e. The van der Waals surface area contributed by atoms with Crippen LogP contribution in [0.3, 0.4) is 0 Å². The average molecular weight is 335 g/mol. The number of nitrogens with one attached hydrogen (secondary N) is 1. The van der Waals surface area contributed by atoms with Gasteiger partial charge in [0.2, 0.25) is 0 Å². The van der Waals surface area contributed by atoms with Crippen LogP contribution in [0, 0.1) is 20.8 Å². The second-order valence-corrected chi connectivity index (χ2v) is 6.33. The molecule has 3 aromatic rings. The quantitative estimate of drug-likeness (QED) is 0.666. The Bertz CT molecular complexity index is 982. The van der Waals surface area contributed by atoms with E-state index in [0.29, 0.717) is 23.4 Å². The molecular weight excluding hydrogens is 314 g/mol. The molecule has 0 spiro atoms. The molecule has 0 saturated carbocycles.